The van der Waals surface area contributed by atoms with Gasteiger partial charge in [0.15, 0.2) is 0 Å². The topological polar surface area (TPSA) is 64.4 Å². The summed E-state index contributed by atoms with van der Waals surface area (Å²) in [5.41, 5.74) is 2.89. The Morgan fingerprint density at radius 2 is 1.90 bits per heavy atom. The standard InChI is InChI=1S/C16H18N2O3/c1-3-12-4-7-15(8-5-12)21-11-13-10-14(18(19)20)6-9-16(13)17-2/h4-10,17H,3,11H2,1-2H3. The van der Waals surface area contributed by atoms with Gasteiger partial charge in [-0.25, -0.2) is 0 Å². The smallest absolute Gasteiger partial charge is 0.269 e. The van der Waals surface area contributed by atoms with E-state index >= 15 is 0 Å². The number of nitro groups is 1. The number of hydrogen-bond acceptors (Lipinski definition) is 4. The molecule has 5 heteroatoms. The van der Waals surface area contributed by atoms with Crippen molar-refractivity contribution in [3.05, 3.63) is 63.7 Å². The van der Waals surface area contributed by atoms with Gasteiger partial charge >= 0.3 is 0 Å². The van der Waals surface area contributed by atoms with Crippen LogP contribution in [0.5, 0.6) is 5.75 Å². The van der Waals surface area contributed by atoms with E-state index in [1.807, 2.05) is 24.3 Å². The number of nitrogens with zero attached hydrogens (tertiary/aromatic N) is 1. The minimum absolute atomic E-state index is 0.0638. The molecule has 0 radical (unpaired) electrons. The van der Waals surface area contributed by atoms with Gasteiger partial charge in [-0.1, -0.05) is 19.1 Å². The second-order valence-electron chi connectivity index (χ2n) is 4.63. The fourth-order valence-corrected chi connectivity index (χ4v) is 2.04. The predicted molar refractivity (Wildman–Crippen MR) is 82.8 cm³/mol. The molecule has 0 spiro atoms. The molecule has 0 saturated heterocycles. The molecule has 2 rings (SSSR count). The number of anilines is 1. The summed E-state index contributed by atoms with van der Waals surface area (Å²) in [6.45, 7) is 2.38. The maximum Gasteiger partial charge on any atom is 0.269 e. The lowest BCUT2D eigenvalue weighted by Crippen LogP contribution is -2.02. The normalized spacial score (nSPS) is 10.2. The number of nitro benzene ring substituents is 1. The maximum atomic E-state index is 10.8. The van der Waals surface area contributed by atoms with Crippen LogP contribution in [0.1, 0.15) is 18.1 Å². The van der Waals surface area contributed by atoms with Crippen molar-refractivity contribution in [2.75, 3.05) is 12.4 Å². The third-order valence-electron chi connectivity index (χ3n) is 3.29. The van der Waals surface area contributed by atoms with Crippen molar-refractivity contribution in [1.29, 1.82) is 0 Å². The molecule has 110 valence electrons. The predicted octanol–water partition coefficient (Wildman–Crippen LogP) is 3.78. The summed E-state index contributed by atoms with van der Waals surface area (Å²) in [5.74, 6) is 0.751. The summed E-state index contributed by atoms with van der Waals surface area (Å²) in [4.78, 5) is 10.4. The van der Waals surface area contributed by atoms with Crippen molar-refractivity contribution in [3.8, 4) is 5.75 Å². The fraction of sp³-hybridized carbons (Fsp3) is 0.250. The van der Waals surface area contributed by atoms with Gasteiger partial charge in [0.05, 0.1) is 4.92 Å². The van der Waals surface area contributed by atoms with Crippen molar-refractivity contribution in [2.45, 2.75) is 20.0 Å². The molecular weight excluding hydrogens is 268 g/mol. The van der Waals surface area contributed by atoms with Crippen molar-refractivity contribution in [3.63, 3.8) is 0 Å². The first kappa shape index (κ1) is 14.8. The molecule has 0 fully saturated rings. The van der Waals surface area contributed by atoms with Gasteiger partial charge in [-0.05, 0) is 30.2 Å². The van der Waals surface area contributed by atoms with Crippen LogP contribution in [-0.4, -0.2) is 12.0 Å². The van der Waals surface area contributed by atoms with E-state index in [-0.39, 0.29) is 12.3 Å². The van der Waals surface area contributed by atoms with E-state index in [0.717, 1.165) is 23.4 Å². The Morgan fingerprint density at radius 1 is 1.19 bits per heavy atom. The number of nitrogens with one attached hydrogen (secondary N) is 1. The highest BCUT2D eigenvalue weighted by molar-refractivity contribution is 5.55. The average Bonchev–Trinajstić information content (AvgIpc) is 2.53. The summed E-state index contributed by atoms with van der Waals surface area (Å²) < 4.78 is 5.71. The number of ether oxygens (including phenoxy) is 1. The van der Waals surface area contributed by atoms with Gasteiger partial charge in [0, 0.05) is 30.4 Å². The molecule has 0 saturated carbocycles. The summed E-state index contributed by atoms with van der Waals surface area (Å²) in [7, 11) is 1.78. The molecule has 0 aromatic heterocycles. The Morgan fingerprint density at radius 3 is 2.48 bits per heavy atom. The molecule has 0 aliphatic carbocycles. The molecule has 0 bridgehead atoms. The lowest BCUT2D eigenvalue weighted by molar-refractivity contribution is -0.384. The number of hydrogen-bond donors (Lipinski definition) is 1. The minimum Gasteiger partial charge on any atom is -0.489 e. The quantitative estimate of drug-likeness (QED) is 0.648. The molecule has 0 atom stereocenters. The maximum absolute atomic E-state index is 10.8. The summed E-state index contributed by atoms with van der Waals surface area (Å²) in [6, 6.07) is 12.6. The zero-order valence-electron chi connectivity index (χ0n) is 12.1. The molecule has 0 heterocycles. The molecule has 2 aromatic rings. The first-order valence-electron chi connectivity index (χ1n) is 6.81. The third kappa shape index (κ3) is 3.72. The van der Waals surface area contributed by atoms with E-state index in [9.17, 15) is 10.1 Å². The van der Waals surface area contributed by atoms with Crippen LogP contribution in [0.3, 0.4) is 0 Å². The molecule has 5 nitrogen and oxygen atoms in total. The van der Waals surface area contributed by atoms with Crippen molar-refractivity contribution in [1.82, 2.24) is 0 Å². The lowest BCUT2D eigenvalue weighted by atomic mass is 10.1. The fourth-order valence-electron chi connectivity index (χ4n) is 2.04. The molecule has 0 unspecified atom stereocenters. The summed E-state index contributed by atoms with van der Waals surface area (Å²) in [6.07, 6.45) is 0.981. The van der Waals surface area contributed by atoms with Gasteiger partial charge in [-0.3, -0.25) is 10.1 Å². The highest BCUT2D eigenvalue weighted by atomic mass is 16.6. The highest BCUT2D eigenvalue weighted by Crippen LogP contribution is 2.23. The SMILES string of the molecule is CCc1ccc(OCc2cc([N+](=O)[O-])ccc2NC)cc1. The third-order valence-corrected chi connectivity index (χ3v) is 3.29. The van der Waals surface area contributed by atoms with Crippen LogP contribution in [0.4, 0.5) is 11.4 Å². The Labute approximate surface area is 123 Å². The van der Waals surface area contributed by atoms with Gasteiger partial charge in [-0.15, -0.1) is 0 Å². The van der Waals surface area contributed by atoms with Crippen LogP contribution in [0.25, 0.3) is 0 Å². The minimum atomic E-state index is -0.404. The molecule has 1 N–H and O–H groups in total. The van der Waals surface area contributed by atoms with Crippen LogP contribution in [0.15, 0.2) is 42.5 Å². The summed E-state index contributed by atoms with van der Waals surface area (Å²) >= 11 is 0. The highest BCUT2D eigenvalue weighted by Gasteiger charge is 2.10. The van der Waals surface area contributed by atoms with E-state index in [1.165, 1.54) is 17.7 Å². The van der Waals surface area contributed by atoms with E-state index in [2.05, 4.69) is 12.2 Å². The molecule has 21 heavy (non-hydrogen) atoms. The van der Waals surface area contributed by atoms with E-state index in [1.54, 1.807) is 13.1 Å². The van der Waals surface area contributed by atoms with E-state index in [0.29, 0.717) is 0 Å². The van der Waals surface area contributed by atoms with E-state index < -0.39 is 4.92 Å². The van der Waals surface area contributed by atoms with Crippen LogP contribution >= 0.6 is 0 Å². The van der Waals surface area contributed by atoms with Crippen LogP contribution < -0.4 is 10.1 Å². The van der Waals surface area contributed by atoms with Gasteiger partial charge in [-0.2, -0.15) is 0 Å². The van der Waals surface area contributed by atoms with E-state index in [4.69, 9.17) is 4.74 Å². The molecule has 0 aliphatic rings. The first-order valence-corrected chi connectivity index (χ1v) is 6.81. The Kier molecular flexibility index (Phi) is 4.77. The number of benzene rings is 2. The van der Waals surface area contributed by atoms with Gasteiger partial charge in [0.2, 0.25) is 0 Å². The monoisotopic (exact) mass is 286 g/mol. The van der Waals surface area contributed by atoms with Gasteiger partial charge in [0.1, 0.15) is 12.4 Å². The van der Waals surface area contributed by atoms with Crippen LogP contribution in [0.2, 0.25) is 0 Å². The Balaban J connectivity index is 2.13. The molecule has 0 aliphatic heterocycles. The number of rotatable bonds is 6. The molecule has 2 aromatic carbocycles. The van der Waals surface area contributed by atoms with Crippen molar-refractivity contribution < 1.29 is 9.66 Å². The number of aryl methyl sites for hydroxylation is 1. The Bertz CT molecular complexity index is 624. The second-order valence-corrected chi connectivity index (χ2v) is 4.63. The van der Waals surface area contributed by atoms with Crippen LogP contribution in [-0.2, 0) is 13.0 Å². The first-order chi connectivity index (χ1) is 10.1. The van der Waals surface area contributed by atoms with Gasteiger partial charge < -0.3 is 10.1 Å². The average molecular weight is 286 g/mol. The van der Waals surface area contributed by atoms with Crippen molar-refractivity contribution in [2.24, 2.45) is 0 Å². The zero-order chi connectivity index (χ0) is 15.2. The van der Waals surface area contributed by atoms with Crippen LogP contribution in [0, 0.1) is 10.1 Å². The van der Waals surface area contributed by atoms with Crippen molar-refractivity contribution >= 4 is 11.4 Å². The number of non-ortho nitro benzene ring substituents is 1. The largest absolute Gasteiger partial charge is 0.489 e. The molecule has 0 amide bonds. The molecular formula is C16H18N2O3. The second kappa shape index (κ2) is 6.74. The Hall–Kier alpha value is -2.56. The lowest BCUT2D eigenvalue weighted by Gasteiger charge is -2.11. The summed E-state index contributed by atoms with van der Waals surface area (Å²) in [5, 5.41) is 13.9. The van der Waals surface area contributed by atoms with Gasteiger partial charge in [0.25, 0.3) is 5.69 Å². The zero-order valence-corrected chi connectivity index (χ0v) is 12.1.